The summed E-state index contributed by atoms with van der Waals surface area (Å²) in [5.74, 6) is -0.932. The molecule has 62 heavy (non-hydrogen) atoms. The molecule has 1 saturated heterocycles. The van der Waals surface area contributed by atoms with Gasteiger partial charge in [0.15, 0.2) is 11.3 Å². The van der Waals surface area contributed by atoms with Crippen LogP contribution in [0.5, 0.6) is 5.75 Å². The van der Waals surface area contributed by atoms with Crippen molar-refractivity contribution in [2.24, 2.45) is 7.05 Å². The molecule has 3 heterocycles. The van der Waals surface area contributed by atoms with Crippen LogP contribution in [0.25, 0.3) is 16.7 Å². The molecule has 0 saturated carbocycles. The van der Waals surface area contributed by atoms with Crippen LogP contribution >= 0.6 is 0 Å². The summed E-state index contributed by atoms with van der Waals surface area (Å²) in [6.45, 7) is 6.47. The lowest BCUT2D eigenvalue weighted by molar-refractivity contribution is -0.385. The molecule has 7 rings (SSSR count). The number of hydrogen-bond donors (Lipinski definition) is 1. The number of urea groups is 1. The van der Waals surface area contributed by atoms with Crippen LogP contribution in [0, 0.1) is 10.1 Å². The Morgan fingerprint density at radius 3 is 2.26 bits per heavy atom. The van der Waals surface area contributed by atoms with Gasteiger partial charge in [0.05, 0.1) is 10.4 Å². The molecule has 0 bridgehead atoms. The van der Waals surface area contributed by atoms with Crippen LogP contribution < -0.4 is 15.8 Å². The highest BCUT2D eigenvalue weighted by Crippen LogP contribution is 2.34. The number of carbonyl (C=O) groups is 4. The maximum atomic E-state index is 12.6. The Bertz CT molecular complexity index is 2510. The minimum atomic E-state index is -0.704. The van der Waals surface area contributed by atoms with Crippen molar-refractivity contribution in [1.82, 2.24) is 19.7 Å². The van der Waals surface area contributed by atoms with Crippen molar-refractivity contribution < 1.29 is 38.0 Å². The molecule has 5 amide bonds. The predicted octanol–water partition coefficient (Wildman–Crippen LogP) is 8.29. The van der Waals surface area contributed by atoms with Crippen molar-refractivity contribution in [2.75, 3.05) is 19.6 Å². The van der Waals surface area contributed by atoms with Gasteiger partial charge in [0.25, 0.3) is 5.91 Å². The molecule has 0 aliphatic carbocycles. The van der Waals surface area contributed by atoms with Crippen LogP contribution in [0.4, 0.5) is 15.3 Å². The molecule has 2 aliphatic rings. The Kier molecular flexibility index (Phi) is 14.4. The highest BCUT2D eigenvalue weighted by atomic mass is 16.6. The van der Waals surface area contributed by atoms with Gasteiger partial charge < -0.3 is 19.2 Å². The first-order valence-corrected chi connectivity index (χ1v) is 20.6. The Morgan fingerprint density at radius 2 is 1.60 bits per heavy atom. The average molecular weight is 846 g/mol. The zero-order valence-corrected chi connectivity index (χ0v) is 35.3. The number of likely N-dealkylation sites (tertiary alicyclic amines) is 1. The number of carbonyl (C=O) groups excluding carboxylic acids is 4. The lowest BCUT2D eigenvalue weighted by Crippen LogP contribution is -2.47. The largest absolute Gasteiger partial charge is 0.482 e. The van der Waals surface area contributed by atoms with Crippen LogP contribution in [0.2, 0.25) is 0 Å². The lowest BCUT2D eigenvalue weighted by atomic mass is 9.89. The molecule has 1 atom stereocenters. The van der Waals surface area contributed by atoms with E-state index in [1.54, 1.807) is 40.0 Å². The number of fused-ring (bicyclic) bond motifs is 1. The third-order valence-corrected chi connectivity index (χ3v) is 10.5. The first kappa shape index (κ1) is 44.5. The highest BCUT2D eigenvalue weighted by molar-refractivity contribution is 6.04. The Balaban J connectivity index is 0.000000207. The Labute approximate surface area is 359 Å². The van der Waals surface area contributed by atoms with E-state index in [1.165, 1.54) is 27.2 Å². The zero-order valence-electron chi connectivity index (χ0n) is 35.3. The fourth-order valence-corrected chi connectivity index (χ4v) is 7.21. The number of benzene rings is 4. The summed E-state index contributed by atoms with van der Waals surface area (Å²) in [5.41, 5.74) is 4.81. The molecule has 15 heteroatoms. The quantitative estimate of drug-likeness (QED) is 0.0771. The molecule has 2 aliphatic heterocycles. The normalized spacial score (nSPS) is 15.4. The van der Waals surface area contributed by atoms with Gasteiger partial charge in [-0.1, -0.05) is 66.7 Å². The number of unbranched alkanes of at least 4 members (excludes halogenated alkanes) is 1. The zero-order chi connectivity index (χ0) is 44.4. The van der Waals surface area contributed by atoms with Gasteiger partial charge in [-0.3, -0.25) is 29.2 Å². The standard InChI is InChI=1S/C24H27N3O4.C23H24N2O6/c1-26-20-11-10-18(15-21(20)31-24(26)30)19-12-14-27(22(28)16-19)23(29)25-13-6-5-9-17-7-3-2-4-8-17;1-23(2,3)31-22(27)24-12-11-18(14-21(24)26)17-9-10-19(25(28)29)20(13-17)30-15-16-7-5-4-6-8-16/h2-4,7-8,10-11,15,19H,5-6,9,12-14,16H2,1H3,(H,25,29);4-10,13-14H,11-12,15H2,1-3H3. The first-order chi connectivity index (χ1) is 29.7. The maximum Gasteiger partial charge on any atom is 0.419 e. The lowest BCUT2D eigenvalue weighted by Gasteiger charge is -2.30. The number of nitrogens with zero attached hydrogens (tertiary/aromatic N) is 4. The van der Waals surface area contributed by atoms with Gasteiger partial charge in [0.2, 0.25) is 5.91 Å². The number of amides is 5. The monoisotopic (exact) mass is 845 g/mol. The number of rotatable bonds is 11. The topological polar surface area (TPSA) is 184 Å². The molecule has 5 aromatic rings. The summed E-state index contributed by atoms with van der Waals surface area (Å²) >= 11 is 0. The average Bonchev–Trinajstić information content (AvgIpc) is 3.54. The van der Waals surface area contributed by atoms with Crippen molar-refractivity contribution in [3.63, 3.8) is 0 Å². The number of oxazole rings is 1. The van der Waals surface area contributed by atoms with Crippen molar-refractivity contribution >= 4 is 46.3 Å². The van der Waals surface area contributed by atoms with E-state index in [1.807, 2.05) is 66.7 Å². The SMILES string of the molecule is CC(C)(C)OC(=O)N1CCC(c2ccc([N+](=O)[O-])c(OCc3ccccc3)c2)=CC1=O.Cn1c(=O)oc2cc(C3CCN(C(=O)NCCCCc4ccccc4)C(=O)C3)ccc21. The molecular formula is C47H51N5O10. The van der Waals surface area contributed by atoms with E-state index < -0.39 is 28.3 Å². The van der Waals surface area contributed by atoms with Crippen LogP contribution in [-0.2, 0) is 34.4 Å². The number of hydrogen-bond acceptors (Lipinski definition) is 10. The van der Waals surface area contributed by atoms with Crippen LogP contribution in [0.15, 0.2) is 112 Å². The number of piperidine rings is 1. The molecule has 1 fully saturated rings. The van der Waals surface area contributed by atoms with Gasteiger partial charge in [-0.15, -0.1) is 0 Å². The molecule has 15 nitrogen and oxygen atoms in total. The van der Waals surface area contributed by atoms with E-state index in [2.05, 4.69) is 17.4 Å². The second kappa shape index (κ2) is 20.0. The molecule has 0 radical (unpaired) electrons. The summed E-state index contributed by atoms with van der Waals surface area (Å²) in [6, 6.07) is 29.4. The smallest absolute Gasteiger partial charge is 0.419 e. The second-order valence-corrected chi connectivity index (χ2v) is 16.2. The molecule has 1 aromatic heterocycles. The Morgan fingerprint density at radius 1 is 0.887 bits per heavy atom. The summed E-state index contributed by atoms with van der Waals surface area (Å²) in [6.07, 6.45) is 4.86. The Hall–Kier alpha value is -7.03. The summed E-state index contributed by atoms with van der Waals surface area (Å²) < 4.78 is 17.7. The van der Waals surface area contributed by atoms with Gasteiger partial charge in [0.1, 0.15) is 12.2 Å². The van der Waals surface area contributed by atoms with E-state index in [0.29, 0.717) is 42.7 Å². The van der Waals surface area contributed by atoms with Crippen molar-refractivity contribution in [2.45, 2.75) is 77.4 Å². The van der Waals surface area contributed by atoms with Crippen LogP contribution in [0.1, 0.15) is 81.0 Å². The van der Waals surface area contributed by atoms with Crippen LogP contribution in [-0.4, -0.2) is 68.5 Å². The van der Waals surface area contributed by atoms with E-state index in [-0.39, 0.29) is 48.9 Å². The highest BCUT2D eigenvalue weighted by Gasteiger charge is 2.32. The van der Waals surface area contributed by atoms with E-state index in [9.17, 15) is 34.1 Å². The summed E-state index contributed by atoms with van der Waals surface area (Å²) in [7, 11) is 1.66. The maximum absolute atomic E-state index is 12.6. The predicted molar refractivity (Wildman–Crippen MR) is 232 cm³/mol. The molecule has 324 valence electrons. The molecule has 1 unspecified atom stereocenters. The van der Waals surface area contributed by atoms with Crippen LogP contribution in [0.3, 0.4) is 0 Å². The molecule has 0 spiro atoms. The minimum Gasteiger partial charge on any atom is -0.482 e. The van der Waals surface area contributed by atoms with Gasteiger partial charge in [-0.25, -0.2) is 19.3 Å². The number of aromatic nitrogens is 1. The van der Waals surface area contributed by atoms with E-state index >= 15 is 0 Å². The number of imide groups is 2. The van der Waals surface area contributed by atoms with Gasteiger partial charge in [0, 0.05) is 45.2 Å². The number of aryl methyl sites for hydroxylation is 2. The number of ether oxygens (including phenoxy) is 2. The second-order valence-electron chi connectivity index (χ2n) is 16.2. The summed E-state index contributed by atoms with van der Waals surface area (Å²) in [5, 5.41) is 14.3. The minimum absolute atomic E-state index is 0.0114. The fourth-order valence-electron chi connectivity index (χ4n) is 7.21. The van der Waals surface area contributed by atoms with Gasteiger partial charge >= 0.3 is 23.6 Å². The molecule has 1 N–H and O–H groups in total. The third-order valence-electron chi connectivity index (χ3n) is 10.5. The van der Waals surface area contributed by atoms with Crippen molar-refractivity contribution in [1.29, 1.82) is 0 Å². The summed E-state index contributed by atoms with van der Waals surface area (Å²) in [4.78, 5) is 74.7. The molecule has 4 aromatic carbocycles. The first-order valence-electron chi connectivity index (χ1n) is 20.6. The number of nitro groups is 1. The fraction of sp³-hybridized carbons (Fsp3) is 0.340. The number of nitrogens with one attached hydrogen (secondary N) is 1. The van der Waals surface area contributed by atoms with Gasteiger partial charge in [-0.2, -0.15) is 0 Å². The van der Waals surface area contributed by atoms with Gasteiger partial charge in [-0.05, 0) is 111 Å². The number of nitro benzene ring substituents is 1. The van der Waals surface area contributed by atoms with E-state index in [4.69, 9.17) is 13.9 Å². The molecular weight excluding hydrogens is 795 g/mol. The van der Waals surface area contributed by atoms with Crippen molar-refractivity contribution in [3.05, 3.63) is 146 Å². The van der Waals surface area contributed by atoms with Crippen molar-refractivity contribution in [3.8, 4) is 5.75 Å². The third kappa shape index (κ3) is 11.6. The van der Waals surface area contributed by atoms with E-state index in [0.717, 1.165) is 40.8 Å².